The van der Waals surface area contributed by atoms with E-state index in [9.17, 15) is 9.59 Å². The van der Waals surface area contributed by atoms with Crippen molar-refractivity contribution in [3.8, 4) is 0 Å². The molecule has 2 N–H and O–H groups in total. The van der Waals surface area contributed by atoms with Crippen molar-refractivity contribution in [1.82, 2.24) is 15.3 Å². The van der Waals surface area contributed by atoms with Crippen molar-refractivity contribution in [1.29, 1.82) is 0 Å². The number of benzene rings is 2. The summed E-state index contributed by atoms with van der Waals surface area (Å²) in [5.41, 5.74) is 4.98. The van der Waals surface area contributed by atoms with Gasteiger partial charge in [-0.15, -0.1) is 0 Å². The Kier molecular flexibility index (Phi) is 3.72. The van der Waals surface area contributed by atoms with Gasteiger partial charge in [0.2, 0.25) is 12.3 Å². The number of hydrogen-bond donors (Lipinski definition) is 2. The summed E-state index contributed by atoms with van der Waals surface area (Å²) in [6, 6.07) is 13.7. The zero-order chi connectivity index (χ0) is 17.4. The summed E-state index contributed by atoms with van der Waals surface area (Å²) >= 11 is 0. The molecule has 6 nitrogen and oxygen atoms in total. The fourth-order valence-electron chi connectivity index (χ4n) is 3.43. The van der Waals surface area contributed by atoms with E-state index in [1.807, 2.05) is 49.4 Å². The van der Waals surface area contributed by atoms with Gasteiger partial charge in [-0.3, -0.25) is 14.5 Å². The molecule has 0 radical (unpaired) electrons. The second-order valence-corrected chi connectivity index (χ2v) is 6.25. The van der Waals surface area contributed by atoms with Crippen molar-refractivity contribution in [2.45, 2.75) is 19.4 Å². The standard InChI is InChI=1S/C19H18N4O2/c1-12-6-7-14-15(8-12)22-19(21-14)17-9-13-4-2-3-5-16(13)23(17)18(25)10-20-11-24/h2-8,11,17H,9-10H2,1H3,(H,20,24)(H,21,22). The lowest BCUT2D eigenvalue weighted by atomic mass is 10.1. The number of H-pyrrole nitrogens is 1. The number of fused-ring (bicyclic) bond motifs is 2. The molecule has 3 aromatic rings. The van der Waals surface area contributed by atoms with E-state index in [4.69, 9.17) is 4.98 Å². The smallest absolute Gasteiger partial charge is 0.247 e. The van der Waals surface area contributed by atoms with Crippen LogP contribution in [0.1, 0.15) is 23.0 Å². The highest BCUT2D eigenvalue weighted by molar-refractivity contribution is 5.98. The average molecular weight is 334 g/mol. The molecule has 2 aromatic carbocycles. The van der Waals surface area contributed by atoms with E-state index in [1.165, 1.54) is 0 Å². The largest absolute Gasteiger partial charge is 0.350 e. The summed E-state index contributed by atoms with van der Waals surface area (Å²) in [4.78, 5) is 33.0. The number of imidazole rings is 1. The Hall–Kier alpha value is -3.15. The highest BCUT2D eigenvalue weighted by Gasteiger charge is 2.36. The highest BCUT2D eigenvalue weighted by atomic mass is 16.2. The van der Waals surface area contributed by atoms with Gasteiger partial charge in [-0.1, -0.05) is 24.3 Å². The molecule has 0 bridgehead atoms. The molecule has 1 aliphatic rings. The van der Waals surface area contributed by atoms with Crippen molar-refractivity contribution >= 4 is 29.0 Å². The van der Waals surface area contributed by atoms with Crippen LogP contribution in [0.4, 0.5) is 5.69 Å². The third-order valence-corrected chi connectivity index (χ3v) is 4.55. The minimum Gasteiger partial charge on any atom is -0.350 e. The Balaban J connectivity index is 1.76. The maximum Gasteiger partial charge on any atom is 0.247 e. The Labute approximate surface area is 144 Å². The van der Waals surface area contributed by atoms with Gasteiger partial charge >= 0.3 is 0 Å². The summed E-state index contributed by atoms with van der Waals surface area (Å²) in [7, 11) is 0. The summed E-state index contributed by atoms with van der Waals surface area (Å²) in [5.74, 6) is 0.606. The third-order valence-electron chi connectivity index (χ3n) is 4.55. The molecule has 25 heavy (non-hydrogen) atoms. The molecule has 1 unspecified atom stereocenters. The minimum absolute atomic E-state index is 0.0341. The quantitative estimate of drug-likeness (QED) is 0.718. The molecule has 4 rings (SSSR count). The van der Waals surface area contributed by atoms with E-state index in [0.717, 1.165) is 33.7 Å². The van der Waals surface area contributed by atoms with Gasteiger partial charge in [-0.25, -0.2) is 4.98 Å². The normalized spacial score (nSPS) is 16.0. The molecular formula is C19H18N4O2. The number of nitrogens with one attached hydrogen (secondary N) is 2. The van der Waals surface area contributed by atoms with Gasteiger partial charge in [-0.2, -0.15) is 0 Å². The van der Waals surface area contributed by atoms with Gasteiger partial charge in [0.15, 0.2) is 0 Å². The van der Waals surface area contributed by atoms with E-state index in [0.29, 0.717) is 12.8 Å². The van der Waals surface area contributed by atoms with Crippen molar-refractivity contribution < 1.29 is 9.59 Å². The van der Waals surface area contributed by atoms with Crippen molar-refractivity contribution in [2.24, 2.45) is 0 Å². The number of amides is 2. The van der Waals surface area contributed by atoms with Gasteiger partial charge in [0, 0.05) is 12.1 Å². The summed E-state index contributed by atoms with van der Waals surface area (Å²) < 4.78 is 0. The molecule has 2 amide bonds. The van der Waals surface area contributed by atoms with Crippen LogP contribution < -0.4 is 10.2 Å². The van der Waals surface area contributed by atoms with Crippen LogP contribution in [0.2, 0.25) is 0 Å². The van der Waals surface area contributed by atoms with Gasteiger partial charge in [0.1, 0.15) is 5.82 Å². The van der Waals surface area contributed by atoms with Crippen molar-refractivity contribution in [2.75, 3.05) is 11.4 Å². The molecule has 0 saturated carbocycles. The summed E-state index contributed by atoms with van der Waals surface area (Å²) in [5, 5.41) is 2.46. The summed E-state index contributed by atoms with van der Waals surface area (Å²) in [6.07, 6.45) is 1.24. The lowest BCUT2D eigenvalue weighted by Crippen LogP contribution is -2.39. The Bertz CT molecular complexity index is 963. The maximum absolute atomic E-state index is 12.7. The van der Waals surface area contributed by atoms with Crippen molar-refractivity contribution in [3.05, 3.63) is 59.4 Å². The Morgan fingerprint density at radius 2 is 2.20 bits per heavy atom. The minimum atomic E-state index is -0.203. The van der Waals surface area contributed by atoms with E-state index in [1.54, 1.807) is 4.90 Å². The van der Waals surface area contributed by atoms with Gasteiger partial charge < -0.3 is 10.3 Å². The van der Waals surface area contributed by atoms with Crippen LogP contribution in [0.25, 0.3) is 11.0 Å². The molecule has 1 aliphatic heterocycles. The fraction of sp³-hybridized carbons (Fsp3) is 0.211. The summed E-state index contributed by atoms with van der Waals surface area (Å²) in [6.45, 7) is 2.00. The third kappa shape index (κ3) is 2.65. The number of aryl methyl sites for hydroxylation is 1. The van der Waals surface area contributed by atoms with Crippen LogP contribution >= 0.6 is 0 Å². The van der Waals surface area contributed by atoms with E-state index < -0.39 is 0 Å². The number of rotatable bonds is 4. The first kappa shape index (κ1) is 15.4. The predicted molar refractivity (Wildman–Crippen MR) is 95.3 cm³/mol. The fourth-order valence-corrected chi connectivity index (χ4v) is 3.43. The number of aromatic amines is 1. The molecule has 126 valence electrons. The molecule has 1 atom stereocenters. The van der Waals surface area contributed by atoms with Crippen molar-refractivity contribution in [3.63, 3.8) is 0 Å². The second kappa shape index (κ2) is 6.05. The Morgan fingerprint density at radius 1 is 1.36 bits per heavy atom. The molecule has 6 heteroatoms. The predicted octanol–water partition coefficient (Wildman–Crippen LogP) is 2.25. The molecule has 0 saturated heterocycles. The molecule has 2 heterocycles. The highest BCUT2D eigenvalue weighted by Crippen LogP contribution is 2.39. The first-order valence-electron chi connectivity index (χ1n) is 8.20. The molecule has 1 aromatic heterocycles. The molecule has 0 spiro atoms. The van der Waals surface area contributed by atoms with Crippen LogP contribution in [0.5, 0.6) is 0 Å². The number of para-hydroxylation sites is 1. The molecular weight excluding hydrogens is 316 g/mol. The average Bonchev–Trinajstić information content (AvgIpc) is 3.20. The lowest BCUT2D eigenvalue weighted by molar-refractivity contribution is -0.120. The van der Waals surface area contributed by atoms with Gasteiger partial charge in [-0.05, 0) is 36.2 Å². The number of carbonyl (C=O) groups excluding carboxylic acids is 2. The van der Waals surface area contributed by atoms with Crippen LogP contribution in [0.15, 0.2) is 42.5 Å². The zero-order valence-electron chi connectivity index (χ0n) is 13.8. The van der Waals surface area contributed by atoms with E-state index in [-0.39, 0.29) is 18.5 Å². The second-order valence-electron chi connectivity index (χ2n) is 6.25. The first-order chi connectivity index (χ1) is 12.2. The van der Waals surface area contributed by atoms with Crippen LogP contribution in [0.3, 0.4) is 0 Å². The number of carbonyl (C=O) groups is 2. The molecule has 0 fully saturated rings. The number of hydrogen-bond acceptors (Lipinski definition) is 3. The van der Waals surface area contributed by atoms with Crippen LogP contribution in [-0.4, -0.2) is 28.8 Å². The van der Waals surface area contributed by atoms with E-state index in [2.05, 4.69) is 10.3 Å². The number of aromatic nitrogens is 2. The SMILES string of the molecule is Cc1ccc2nc(C3Cc4ccccc4N3C(=O)CNC=O)[nH]c2c1. The van der Waals surface area contributed by atoms with Crippen LogP contribution in [0, 0.1) is 6.92 Å². The number of anilines is 1. The lowest BCUT2D eigenvalue weighted by Gasteiger charge is -2.24. The first-order valence-corrected chi connectivity index (χ1v) is 8.20. The zero-order valence-corrected chi connectivity index (χ0v) is 13.8. The number of nitrogens with zero attached hydrogens (tertiary/aromatic N) is 2. The van der Waals surface area contributed by atoms with E-state index >= 15 is 0 Å². The van der Waals surface area contributed by atoms with Gasteiger partial charge in [0.25, 0.3) is 0 Å². The Morgan fingerprint density at radius 3 is 3.04 bits per heavy atom. The van der Waals surface area contributed by atoms with Crippen LogP contribution in [-0.2, 0) is 16.0 Å². The monoisotopic (exact) mass is 334 g/mol. The van der Waals surface area contributed by atoms with Gasteiger partial charge in [0.05, 0.1) is 23.6 Å². The topological polar surface area (TPSA) is 78.1 Å². The maximum atomic E-state index is 12.7. The molecule has 0 aliphatic carbocycles.